The minimum atomic E-state index is -0.841. The van der Waals surface area contributed by atoms with Crippen LogP contribution in [0.1, 0.15) is 24.0 Å². The molecular formula is C20H26F2IN3O2. The summed E-state index contributed by atoms with van der Waals surface area (Å²) in [5.74, 6) is 0.247. The van der Waals surface area contributed by atoms with Gasteiger partial charge in [-0.2, -0.15) is 0 Å². The maximum atomic E-state index is 13.4. The fourth-order valence-electron chi connectivity index (χ4n) is 2.58. The lowest BCUT2D eigenvalue weighted by molar-refractivity contribution is 0.354. The molecule has 0 bridgehead atoms. The molecule has 0 aliphatic rings. The molecule has 0 radical (unpaired) electrons. The van der Waals surface area contributed by atoms with Crippen LogP contribution in [0.3, 0.4) is 0 Å². The predicted octanol–water partition coefficient (Wildman–Crippen LogP) is 4.07. The molecule has 28 heavy (non-hydrogen) atoms. The van der Waals surface area contributed by atoms with Crippen LogP contribution in [-0.2, 0) is 6.54 Å². The van der Waals surface area contributed by atoms with Gasteiger partial charge in [0.15, 0.2) is 29.1 Å². The Morgan fingerprint density at radius 2 is 1.71 bits per heavy atom. The Bertz CT molecular complexity index is 803. The second-order valence-electron chi connectivity index (χ2n) is 6.07. The van der Waals surface area contributed by atoms with Gasteiger partial charge in [0.25, 0.3) is 0 Å². The highest BCUT2D eigenvalue weighted by Crippen LogP contribution is 2.27. The van der Waals surface area contributed by atoms with Crippen molar-refractivity contribution in [2.75, 3.05) is 27.8 Å². The van der Waals surface area contributed by atoms with Crippen LogP contribution in [0.2, 0.25) is 0 Å². The molecule has 8 heteroatoms. The van der Waals surface area contributed by atoms with Crippen molar-refractivity contribution in [1.29, 1.82) is 0 Å². The van der Waals surface area contributed by atoms with Gasteiger partial charge in [-0.1, -0.05) is 19.1 Å². The van der Waals surface area contributed by atoms with E-state index in [2.05, 4.69) is 15.6 Å². The van der Waals surface area contributed by atoms with Crippen molar-refractivity contribution in [3.8, 4) is 11.5 Å². The van der Waals surface area contributed by atoms with Crippen LogP contribution in [0.5, 0.6) is 11.5 Å². The summed E-state index contributed by atoms with van der Waals surface area (Å²) in [7, 11) is 4.86. The SMILES string of the molecule is CN=C(NCc1ccc(OC)c(OC)c1)NCC(C)c1ccc(F)c(F)c1.I. The molecule has 0 fully saturated rings. The maximum Gasteiger partial charge on any atom is 0.191 e. The molecule has 1 unspecified atom stereocenters. The first-order chi connectivity index (χ1) is 13.0. The summed E-state index contributed by atoms with van der Waals surface area (Å²) in [6.45, 7) is 3.00. The number of hydrogen-bond acceptors (Lipinski definition) is 3. The summed E-state index contributed by atoms with van der Waals surface area (Å²) in [5, 5.41) is 6.40. The van der Waals surface area contributed by atoms with E-state index in [1.165, 1.54) is 6.07 Å². The highest BCUT2D eigenvalue weighted by atomic mass is 127. The Labute approximate surface area is 181 Å². The van der Waals surface area contributed by atoms with Crippen LogP contribution in [0.25, 0.3) is 0 Å². The Morgan fingerprint density at radius 1 is 1.00 bits per heavy atom. The average Bonchev–Trinajstić information content (AvgIpc) is 2.69. The first kappa shape index (κ1) is 23.9. The van der Waals surface area contributed by atoms with Gasteiger partial charge in [-0.3, -0.25) is 4.99 Å². The molecule has 154 valence electrons. The molecule has 0 heterocycles. The Kier molecular flexibility index (Phi) is 9.98. The number of nitrogens with zero attached hydrogens (tertiary/aromatic N) is 1. The van der Waals surface area contributed by atoms with Gasteiger partial charge >= 0.3 is 0 Å². The van der Waals surface area contributed by atoms with E-state index in [0.717, 1.165) is 17.2 Å². The van der Waals surface area contributed by atoms with E-state index in [9.17, 15) is 8.78 Å². The zero-order valence-electron chi connectivity index (χ0n) is 16.4. The van der Waals surface area contributed by atoms with Crippen LogP contribution in [0, 0.1) is 11.6 Å². The first-order valence-electron chi connectivity index (χ1n) is 8.58. The molecule has 0 saturated carbocycles. The molecule has 0 saturated heterocycles. The number of hydrogen-bond donors (Lipinski definition) is 2. The number of halogens is 3. The van der Waals surface area contributed by atoms with Crippen LogP contribution in [0.4, 0.5) is 8.78 Å². The quantitative estimate of drug-likeness (QED) is 0.339. The maximum absolute atomic E-state index is 13.4. The van der Waals surface area contributed by atoms with Gasteiger partial charge < -0.3 is 20.1 Å². The van der Waals surface area contributed by atoms with Crippen molar-refractivity contribution in [1.82, 2.24) is 10.6 Å². The second kappa shape index (κ2) is 11.7. The molecule has 0 aromatic heterocycles. The van der Waals surface area contributed by atoms with E-state index in [4.69, 9.17) is 9.47 Å². The van der Waals surface area contributed by atoms with Crippen LogP contribution in [-0.4, -0.2) is 33.8 Å². The number of methoxy groups -OCH3 is 2. The largest absolute Gasteiger partial charge is 0.493 e. The standard InChI is InChI=1S/C20H25F2N3O2.HI/c1-13(15-6-7-16(21)17(22)10-15)11-24-20(23-2)25-12-14-5-8-18(26-3)19(9-14)27-4;/h5-10,13H,11-12H2,1-4H3,(H2,23,24,25);1H. The first-order valence-corrected chi connectivity index (χ1v) is 8.58. The van der Waals surface area contributed by atoms with Crippen molar-refractivity contribution in [2.24, 2.45) is 4.99 Å². The van der Waals surface area contributed by atoms with Crippen molar-refractivity contribution < 1.29 is 18.3 Å². The van der Waals surface area contributed by atoms with Crippen molar-refractivity contribution in [3.05, 3.63) is 59.2 Å². The normalized spacial score (nSPS) is 12.0. The molecule has 2 aromatic carbocycles. The third kappa shape index (κ3) is 6.50. The number of guanidine groups is 1. The van der Waals surface area contributed by atoms with E-state index in [1.54, 1.807) is 27.3 Å². The minimum Gasteiger partial charge on any atom is -0.493 e. The Morgan fingerprint density at radius 3 is 2.32 bits per heavy atom. The molecule has 2 N–H and O–H groups in total. The van der Waals surface area contributed by atoms with Crippen LogP contribution in [0.15, 0.2) is 41.4 Å². The molecule has 0 amide bonds. The molecule has 1 atom stereocenters. The van der Waals surface area contributed by atoms with Crippen LogP contribution < -0.4 is 20.1 Å². The smallest absolute Gasteiger partial charge is 0.191 e. The van der Waals surface area contributed by atoms with Gasteiger partial charge in [-0.05, 0) is 41.3 Å². The molecule has 5 nitrogen and oxygen atoms in total. The predicted molar refractivity (Wildman–Crippen MR) is 118 cm³/mol. The van der Waals surface area contributed by atoms with Gasteiger partial charge in [0.1, 0.15) is 0 Å². The molecule has 0 spiro atoms. The summed E-state index contributed by atoms with van der Waals surface area (Å²) in [6.07, 6.45) is 0. The third-order valence-corrected chi connectivity index (χ3v) is 4.22. The van der Waals surface area contributed by atoms with Crippen molar-refractivity contribution in [2.45, 2.75) is 19.4 Å². The Balaban J connectivity index is 0.00000392. The highest BCUT2D eigenvalue weighted by Gasteiger charge is 2.10. The van der Waals surface area contributed by atoms with Gasteiger partial charge in [-0.25, -0.2) is 8.78 Å². The zero-order chi connectivity index (χ0) is 19.8. The topological polar surface area (TPSA) is 54.9 Å². The average molecular weight is 505 g/mol. The molecule has 0 aliphatic carbocycles. The lowest BCUT2D eigenvalue weighted by Gasteiger charge is -2.17. The van der Waals surface area contributed by atoms with E-state index in [-0.39, 0.29) is 29.9 Å². The lowest BCUT2D eigenvalue weighted by Crippen LogP contribution is -2.38. The highest BCUT2D eigenvalue weighted by molar-refractivity contribution is 14.0. The number of rotatable bonds is 7. The minimum absolute atomic E-state index is 0. The molecule has 2 aromatic rings. The van der Waals surface area contributed by atoms with Crippen molar-refractivity contribution in [3.63, 3.8) is 0 Å². The van der Waals surface area contributed by atoms with Gasteiger partial charge in [0, 0.05) is 20.1 Å². The summed E-state index contributed by atoms with van der Waals surface area (Å²) in [5.41, 5.74) is 1.72. The second-order valence-corrected chi connectivity index (χ2v) is 6.07. The van der Waals surface area contributed by atoms with Gasteiger partial charge in [-0.15, -0.1) is 24.0 Å². The van der Waals surface area contributed by atoms with Crippen LogP contribution >= 0.6 is 24.0 Å². The zero-order valence-corrected chi connectivity index (χ0v) is 18.7. The van der Waals surface area contributed by atoms with E-state index in [1.807, 2.05) is 25.1 Å². The number of ether oxygens (including phenoxy) is 2. The monoisotopic (exact) mass is 505 g/mol. The third-order valence-electron chi connectivity index (χ3n) is 4.22. The number of nitrogens with one attached hydrogen (secondary N) is 2. The summed E-state index contributed by atoms with van der Waals surface area (Å²) < 4.78 is 37.0. The van der Waals surface area contributed by atoms with Gasteiger partial charge in [0.05, 0.1) is 14.2 Å². The molecular weight excluding hydrogens is 479 g/mol. The summed E-state index contributed by atoms with van der Waals surface area (Å²) in [4.78, 5) is 4.18. The molecule has 2 rings (SSSR count). The number of benzene rings is 2. The number of aliphatic imine (C=N–C) groups is 1. The molecule has 0 aliphatic heterocycles. The van der Waals surface area contributed by atoms with E-state index < -0.39 is 11.6 Å². The summed E-state index contributed by atoms with van der Waals surface area (Å²) in [6, 6.07) is 9.63. The van der Waals surface area contributed by atoms with E-state index >= 15 is 0 Å². The Hall–Kier alpha value is -2.10. The summed E-state index contributed by atoms with van der Waals surface area (Å²) >= 11 is 0. The van der Waals surface area contributed by atoms with Crippen molar-refractivity contribution >= 4 is 29.9 Å². The fraction of sp³-hybridized carbons (Fsp3) is 0.350. The van der Waals surface area contributed by atoms with E-state index in [0.29, 0.717) is 30.5 Å². The van der Waals surface area contributed by atoms with Gasteiger partial charge in [0.2, 0.25) is 0 Å². The lowest BCUT2D eigenvalue weighted by atomic mass is 10.0. The fourth-order valence-corrected chi connectivity index (χ4v) is 2.58.